The van der Waals surface area contributed by atoms with Crippen LogP contribution < -0.4 is 15.5 Å². The van der Waals surface area contributed by atoms with Crippen LogP contribution in [0, 0.1) is 0 Å². The van der Waals surface area contributed by atoms with E-state index in [1.54, 1.807) is 35.5 Å². The predicted octanol–water partition coefficient (Wildman–Crippen LogP) is 3.83. The second kappa shape index (κ2) is 10.5. The fourth-order valence-corrected chi connectivity index (χ4v) is 5.79. The summed E-state index contributed by atoms with van der Waals surface area (Å²) in [5.74, 6) is 1.68. The third-order valence-electron chi connectivity index (χ3n) is 7.80. The molecule has 2 fully saturated rings. The van der Waals surface area contributed by atoms with Gasteiger partial charge in [0.15, 0.2) is 5.82 Å². The van der Waals surface area contributed by atoms with Crippen molar-refractivity contribution in [3.05, 3.63) is 96.6 Å². The number of benzene rings is 2. The van der Waals surface area contributed by atoms with E-state index >= 15 is 0 Å². The molecule has 0 unspecified atom stereocenters. The highest BCUT2D eigenvalue weighted by Crippen LogP contribution is 2.35. The van der Waals surface area contributed by atoms with Crippen LogP contribution in [0.25, 0.3) is 16.6 Å². The molecule has 3 aromatic heterocycles. The minimum atomic E-state index is -0.876. The lowest BCUT2D eigenvalue weighted by Crippen LogP contribution is -2.48. The second-order valence-electron chi connectivity index (χ2n) is 10.4. The Labute approximate surface area is 240 Å². The number of nitrogens with one attached hydrogen (secondary N) is 2. The van der Waals surface area contributed by atoms with E-state index in [1.165, 1.54) is 4.90 Å². The number of fused-ring (bicyclic) bond motifs is 3. The van der Waals surface area contributed by atoms with Crippen LogP contribution >= 0.6 is 0 Å². The van der Waals surface area contributed by atoms with E-state index in [-0.39, 0.29) is 18.0 Å². The largest absolute Gasteiger partial charge is 0.465 e. The Morgan fingerprint density at radius 3 is 2.60 bits per heavy atom. The van der Waals surface area contributed by atoms with Crippen LogP contribution in [0.4, 0.5) is 22.2 Å². The van der Waals surface area contributed by atoms with Crippen molar-refractivity contribution in [1.29, 1.82) is 0 Å². The summed E-state index contributed by atoms with van der Waals surface area (Å²) < 4.78 is 1.78. The minimum Gasteiger partial charge on any atom is -0.465 e. The van der Waals surface area contributed by atoms with E-state index in [2.05, 4.69) is 30.5 Å². The molecular formula is C30H27N9O3. The van der Waals surface area contributed by atoms with Gasteiger partial charge >= 0.3 is 6.09 Å². The molecule has 2 atom stereocenters. The molecule has 0 saturated carbocycles. The van der Waals surface area contributed by atoms with Crippen molar-refractivity contribution in [1.82, 2.24) is 34.9 Å². The van der Waals surface area contributed by atoms with E-state index in [1.807, 2.05) is 54.6 Å². The van der Waals surface area contributed by atoms with E-state index < -0.39 is 6.09 Å². The van der Waals surface area contributed by atoms with Crippen molar-refractivity contribution < 1.29 is 14.7 Å². The van der Waals surface area contributed by atoms with Gasteiger partial charge in [0.1, 0.15) is 11.6 Å². The summed E-state index contributed by atoms with van der Waals surface area (Å²) in [6, 6.07) is 19.1. The van der Waals surface area contributed by atoms with Gasteiger partial charge in [-0.15, -0.1) is 5.10 Å². The van der Waals surface area contributed by atoms with Gasteiger partial charge in [-0.25, -0.2) is 19.4 Å². The Hall–Kier alpha value is -5.52. The molecule has 5 heterocycles. The van der Waals surface area contributed by atoms with Crippen LogP contribution in [0.5, 0.6) is 0 Å². The van der Waals surface area contributed by atoms with Gasteiger partial charge in [0, 0.05) is 55.2 Å². The fraction of sp³-hybridized carbons (Fsp3) is 0.200. The summed E-state index contributed by atoms with van der Waals surface area (Å²) in [5, 5.41) is 21.4. The quantitative estimate of drug-likeness (QED) is 0.270. The Morgan fingerprint density at radius 1 is 0.952 bits per heavy atom. The average Bonchev–Trinajstić information content (AvgIpc) is 3.74. The zero-order valence-electron chi connectivity index (χ0n) is 22.5. The van der Waals surface area contributed by atoms with E-state index in [0.717, 1.165) is 34.4 Å². The van der Waals surface area contributed by atoms with Gasteiger partial charge in [-0.1, -0.05) is 30.3 Å². The van der Waals surface area contributed by atoms with Gasteiger partial charge in [0.05, 0.1) is 29.5 Å². The maximum atomic E-state index is 13.1. The predicted molar refractivity (Wildman–Crippen MR) is 156 cm³/mol. The third kappa shape index (κ3) is 4.72. The number of carbonyl (C=O) groups is 2. The van der Waals surface area contributed by atoms with Crippen molar-refractivity contribution >= 4 is 40.4 Å². The molecule has 2 aliphatic heterocycles. The topological polar surface area (TPSA) is 141 Å². The molecule has 12 heteroatoms. The third-order valence-corrected chi connectivity index (χ3v) is 7.80. The molecule has 0 spiro atoms. The highest BCUT2D eigenvalue weighted by Gasteiger charge is 2.45. The number of amides is 2. The van der Waals surface area contributed by atoms with Crippen molar-refractivity contribution in [2.24, 2.45) is 0 Å². The molecule has 2 aromatic carbocycles. The number of likely N-dealkylation sites (tertiary alicyclic amines) is 1. The molecular weight excluding hydrogens is 534 g/mol. The van der Waals surface area contributed by atoms with E-state index in [4.69, 9.17) is 5.10 Å². The first-order chi connectivity index (χ1) is 20.5. The Balaban J connectivity index is 1.23. The number of anilines is 3. The van der Waals surface area contributed by atoms with Gasteiger partial charge in [-0.3, -0.25) is 9.78 Å². The summed E-state index contributed by atoms with van der Waals surface area (Å²) in [5.41, 5.74) is 3.01. The SMILES string of the molecule is O=C(NCc1ccccc1)c1ccc2c(Nc3cnccn3)nn(-c3ccnc(N4C[C@@H]5C[C@H]4CN5C(=O)O)c3)c2c1. The molecule has 210 valence electrons. The lowest BCUT2D eigenvalue weighted by atomic mass is 10.1. The molecule has 3 N–H and O–H groups in total. The maximum Gasteiger partial charge on any atom is 0.407 e. The molecule has 7 rings (SSSR count). The molecule has 2 amide bonds. The number of carboxylic acid groups (broad SMARTS) is 1. The summed E-state index contributed by atoms with van der Waals surface area (Å²) >= 11 is 0. The summed E-state index contributed by atoms with van der Waals surface area (Å²) in [7, 11) is 0. The van der Waals surface area contributed by atoms with Crippen LogP contribution in [0.1, 0.15) is 22.3 Å². The number of nitrogens with zero attached hydrogens (tertiary/aromatic N) is 7. The normalized spacial score (nSPS) is 17.5. The number of pyridine rings is 1. The van der Waals surface area contributed by atoms with Gasteiger partial charge in [0.2, 0.25) is 0 Å². The highest BCUT2D eigenvalue weighted by molar-refractivity contribution is 6.01. The number of carbonyl (C=O) groups excluding carboxylic acids is 1. The van der Waals surface area contributed by atoms with Gasteiger partial charge in [-0.05, 0) is 36.2 Å². The number of aromatic nitrogens is 5. The Morgan fingerprint density at radius 2 is 1.83 bits per heavy atom. The molecule has 0 aliphatic carbocycles. The molecule has 0 radical (unpaired) electrons. The van der Waals surface area contributed by atoms with Crippen LogP contribution in [0.2, 0.25) is 0 Å². The average molecular weight is 562 g/mol. The number of piperazine rings is 1. The lowest BCUT2D eigenvalue weighted by molar-refractivity contribution is 0.0951. The Kier molecular flexibility index (Phi) is 6.34. The number of hydrogen-bond acceptors (Lipinski definition) is 8. The fourth-order valence-electron chi connectivity index (χ4n) is 5.79. The standard InChI is InChI=1S/C30H27N9O3/c40-29(34-15-19-4-2-1-3-5-19)20-6-7-24-25(12-20)39(36-28(24)35-26-16-31-10-11-32-26)21-8-9-33-27(14-21)37-17-23-13-22(37)18-38(23)30(41)42/h1-12,14,16,22-23H,13,15,17-18H2,(H,34,40)(H,41,42)(H,32,35,36)/t22-,23-/m0/s1. The van der Waals surface area contributed by atoms with Crippen LogP contribution in [0.3, 0.4) is 0 Å². The lowest BCUT2D eigenvalue weighted by Gasteiger charge is -2.33. The monoisotopic (exact) mass is 561 g/mol. The van der Waals surface area contributed by atoms with E-state index in [9.17, 15) is 14.7 Å². The first-order valence-corrected chi connectivity index (χ1v) is 13.6. The smallest absolute Gasteiger partial charge is 0.407 e. The molecule has 5 aromatic rings. The van der Waals surface area contributed by atoms with Gasteiger partial charge in [0.25, 0.3) is 5.91 Å². The first-order valence-electron chi connectivity index (χ1n) is 13.6. The number of rotatable bonds is 7. The van der Waals surface area contributed by atoms with Crippen LogP contribution in [-0.2, 0) is 6.54 Å². The summed E-state index contributed by atoms with van der Waals surface area (Å²) in [6.45, 7) is 1.48. The van der Waals surface area contributed by atoms with Gasteiger partial charge < -0.3 is 25.5 Å². The van der Waals surface area contributed by atoms with Crippen molar-refractivity contribution in [2.75, 3.05) is 23.3 Å². The van der Waals surface area contributed by atoms with Crippen molar-refractivity contribution in [3.63, 3.8) is 0 Å². The molecule has 12 nitrogen and oxygen atoms in total. The maximum absolute atomic E-state index is 13.1. The minimum absolute atomic E-state index is 0.0387. The van der Waals surface area contributed by atoms with E-state index in [0.29, 0.717) is 36.8 Å². The first kappa shape index (κ1) is 25.4. The second-order valence-corrected chi connectivity index (χ2v) is 10.4. The van der Waals surface area contributed by atoms with Crippen molar-refractivity contribution in [2.45, 2.75) is 25.0 Å². The van der Waals surface area contributed by atoms with Crippen LogP contribution in [0.15, 0.2) is 85.5 Å². The Bertz CT molecular complexity index is 1780. The van der Waals surface area contributed by atoms with Crippen LogP contribution in [-0.4, -0.2) is 71.9 Å². The zero-order chi connectivity index (χ0) is 28.6. The molecule has 2 aliphatic rings. The summed E-state index contributed by atoms with van der Waals surface area (Å²) in [4.78, 5) is 41.4. The molecule has 2 bridgehead atoms. The van der Waals surface area contributed by atoms with Crippen molar-refractivity contribution in [3.8, 4) is 5.69 Å². The zero-order valence-corrected chi connectivity index (χ0v) is 22.5. The number of hydrogen-bond donors (Lipinski definition) is 3. The molecule has 2 saturated heterocycles. The van der Waals surface area contributed by atoms with Gasteiger partial charge in [-0.2, -0.15) is 0 Å². The summed E-state index contributed by atoms with van der Waals surface area (Å²) in [6.07, 6.45) is 6.45. The molecule has 42 heavy (non-hydrogen) atoms. The highest BCUT2D eigenvalue weighted by atomic mass is 16.4.